The maximum atomic E-state index is 11.4. The highest BCUT2D eigenvalue weighted by Gasteiger charge is 2.47. The van der Waals surface area contributed by atoms with Gasteiger partial charge in [0.2, 0.25) is 0 Å². The van der Waals surface area contributed by atoms with Crippen molar-refractivity contribution in [2.24, 2.45) is 0 Å². The molecular weight excluding hydrogens is 256 g/mol. The molecule has 4 nitrogen and oxygen atoms in total. The van der Waals surface area contributed by atoms with Crippen LogP contribution in [0.1, 0.15) is 17.2 Å². The third kappa shape index (κ3) is 2.14. The van der Waals surface area contributed by atoms with Crippen LogP contribution in [0.25, 0.3) is 0 Å². The van der Waals surface area contributed by atoms with E-state index in [1.165, 1.54) is 0 Å². The Bertz CT molecular complexity index is 596. The van der Waals surface area contributed by atoms with Gasteiger partial charge >= 0.3 is 6.16 Å². The van der Waals surface area contributed by atoms with Gasteiger partial charge in [-0.1, -0.05) is 60.7 Å². The minimum Gasteiger partial charge on any atom is -0.431 e. The number of ether oxygens (including phenoxy) is 2. The van der Waals surface area contributed by atoms with Gasteiger partial charge in [-0.15, -0.1) is 0 Å². The summed E-state index contributed by atoms with van der Waals surface area (Å²) in [5.41, 5.74) is -0.00636. The van der Waals surface area contributed by atoms with Gasteiger partial charge in [-0.2, -0.15) is 0 Å². The summed E-state index contributed by atoms with van der Waals surface area (Å²) in [7, 11) is 0. The Labute approximate surface area is 116 Å². The Morgan fingerprint density at radius 2 is 1.60 bits per heavy atom. The maximum Gasteiger partial charge on any atom is 0.509 e. The topological polar surface area (TPSA) is 55.8 Å². The van der Waals surface area contributed by atoms with Crippen LogP contribution in [-0.4, -0.2) is 17.9 Å². The molecule has 4 heteroatoms. The minimum absolute atomic E-state index is 0.130. The number of benzene rings is 2. The summed E-state index contributed by atoms with van der Waals surface area (Å²) >= 11 is 0. The number of carbonyl (C=O) groups excluding carboxylic acids is 1. The monoisotopic (exact) mass is 270 g/mol. The molecule has 0 radical (unpaired) electrons. The number of hydrogen-bond donors (Lipinski definition) is 1. The smallest absolute Gasteiger partial charge is 0.431 e. The van der Waals surface area contributed by atoms with Gasteiger partial charge in [-0.3, -0.25) is 0 Å². The van der Waals surface area contributed by atoms with Gasteiger partial charge < -0.3 is 14.6 Å². The second kappa shape index (κ2) is 4.98. The van der Waals surface area contributed by atoms with Crippen molar-refractivity contribution >= 4 is 6.16 Å². The summed E-state index contributed by atoms with van der Waals surface area (Å²) in [6, 6.07) is 18.3. The maximum absolute atomic E-state index is 11.4. The van der Waals surface area contributed by atoms with Crippen molar-refractivity contribution in [2.45, 2.75) is 11.7 Å². The predicted molar refractivity (Wildman–Crippen MR) is 72.0 cm³/mol. The molecule has 102 valence electrons. The average Bonchev–Trinajstić information content (AvgIpc) is 2.51. The van der Waals surface area contributed by atoms with Gasteiger partial charge in [0, 0.05) is 0 Å². The Morgan fingerprint density at radius 3 is 2.25 bits per heavy atom. The Kier molecular flexibility index (Phi) is 3.16. The van der Waals surface area contributed by atoms with Gasteiger partial charge in [0.05, 0.1) is 0 Å². The molecule has 20 heavy (non-hydrogen) atoms. The van der Waals surface area contributed by atoms with Crippen LogP contribution in [0.3, 0.4) is 0 Å². The van der Waals surface area contributed by atoms with Crippen LogP contribution in [0.15, 0.2) is 60.7 Å². The zero-order chi connectivity index (χ0) is 14.0. The van der Waals surface area contributed by atoms with Crippen LogP contribution in [0.5, 0.6) is 0 Å². The normalized spacial score (nSPS) is 25.6. The number of cyclic esters (lactones) is 2. The zero-order valence-electron chi connectivity index (χ0n) is 10.7. The summed E-state index contributed by atoms with van der Waals surface area (Å²) in [5, 5.41) is 11.0. The van der Waals surface area contributed by atoms with Gasteiger partial charge in [-0.25, -0.2) is 4.79 Å². The third-order valence-electron chi connectivity index (χ3n) is 3.43. The number of aliphatic hydroxyl groups is 1. The molecule has 1 aliphatic rings. The molecule has 0 saturated carbocycles. The minimum atomic E-state index is -1.39. The molecule has 1 N–H and O–H groups in total. The summed E-state index contributed by atoms with van der Waals surface area (Å²) in [6.45, 7) is -0.130. The van der Waals surface area contributed by atoms with E-state index in [9.17, 15) is 9.90 Å². The lowest BCUT2D eigenvalue weighted by molar-refractivity contribution is -0.171. The summed E-state index contributed by atoms with van der Waals surface area (Å²) in [5.74, 6) is 0. The fraction of sp³-hybridized carbons (Fsp3) is 0.188. The Hall–Kier alpha value is -2.33. The first-order chi connectivity index (χ1) is 9.70. The molecule has 0 spiro atoms. The first-order valence-corrected chi connectivity index (χ1v) is 6.36. The molecule has 0 bridgehead atoms. The van der Waals surface area contributed by atoms with E-state index in [1.54, 1.807) is 12.1 Å². The standard InChI is InChI=1S/C16H14O4/c17-15-19-11-16(18,13-9-5-2-6-10-13)14(20-15)12-7-3-1-4-8-12/h1-10,14,18H,11H2. The lowest BCUT2D eigenvalue weighted by Gasteiger charge is -2.38. The van der Waals surface area contributed by atoms with Crippen LogP contribution in [0.2, 0.25) is 0 Å². The lowest BCUT2D eigenvalue weighted by atomic mass is 9.84. The van der Waals surface area contributed by atoms with Crippen molar-refractivity contribution < 1.29 is 19.4 Å². The molecule has 3 rings (SSSR count). The van der Waals surface area contributed by atoms with E-state index in [0.29, 0.717) is 5.56 Å². The van der Waals surface area contributed by atoms with E-state index in [-0.39, 0.29) is 6.61 Å². The van der Waals surface area contributed by atoms with Crippen LogP contribution < -0.4 is 0 Å². The van der Waals surface area contributed by atoms with Crippen molar-refractivity contribution in [3.63, 3.8) is 0 Å². The molecule has 1 aliphatic heterocycles. The van der Waals surface area contributed by atoms with E-state index < -0.39 is 17.9 Å². The quantitative estimate of drug-likeness (QED) is 0.852. The molecule has 2 unspecified atom stereocenters. The van der Waals surface area contributed by atoms with Crippen molar-refractivity contribution in [3.05, 3.63) is 71.8 Å². The molecule has 1 fully saturated rings. The second-order valence-electron chi connectivity index (χ2n) is 4.74. The van der Waals surface area contributed by atoms with E-state index in [0.717, 1.165) is 5.56 Å². The number of hydrogen-bond acceptors (Lipinski definition) is 4. The number of rotatable bonds is 2. The van der Waals surface area contributed by atoms with E-state index in [2.05, 4.69) is 0 Å². The van der Waals surface area contributed by atoms with Crippen molar-refractivity contribution in [3.8, 4) is 0 Å². The van der Waals surface area contributed by atoms with Crippen molar-refractivity contribution in [1.29, 1.82) is 0 Å². The van der Waals surface area contributed by atoms with E-state index >= 15 is 0 Å². The summed E-state index contributed by atoms with van der Waals surface area (Å²) in [6.07, 6.45) is -1.55. The first kappa shape index (κ1) is 12.7. The molecule has 0 aliphatic carbocycles. The van der Waals surface area contributed by atoms with Crippen LogP contribution >= 0.6 is 0 Å². The van der Waals surface area contributed by atoms with Crippen LogP contribution in [0, 0.1) is 0 Å². The van der Waals surface area contributed by atoms with Crippen molar-refractivity contribution in [2.75, 3.05) is 6.61 Å². The van der Waals surface area contributed by atoms with Gasteiger partial charge in [-0.05, 0) is 11.1 Å². The fourth-order valence-corrected chi connectivity index (χ4v) is 2.41. The SMILES string of the molecule is O=C1OCC(O)(c2ccccc2)C(c2ccccc2)O1. The molecular formula is C16H14O4. The van der Waals surface area contributed by atoms with Gasteiger partial charge in [0.1, 0.15) is 6.61 Å². The highest BCUT2D eigenvalue weighted by atomic mass is 16.7. The summed E-state index contributed by atoms with van der Waals surface area (Å²) in [4.78, 5) is 11.4. The first-order valence-electron chi connectivity index (χ1n) is 6.36. The fourth-order valence-electron chi connectivity index (χ4n) is 2.41. The zero-order valence-corrected chi connectivity index (χ0v) is 10.7. The molecule has 1 saturated heterocycles. The van der Waals surface area contributed by atoms with Crippen LogP contribution in [0.4, 0.5) is 4.79 Å². The molecule has 2 aromatic rings. The Morgan fingerprint density at radius 1 is 1.00 bits per heavy atom. The van der Waals surface area contributed by atoms with Crippen molar-refractivity contribution in [1.82, 2.24) is 0 Å². The lowest BCUT2D eigenvalue weighted by Crippen LogP contribution is -2.45. The Balaban J connectivity index is 2.05. The highest BCUT2D eigenvalue weighted by molar-refractivity contribution is 5.62. The average molecular weight is 270 g/mol. The predicted octanol–water partition coefficient (Wildman–Crippen LogP) is 2.78. The number of carbonyl (C=O) groups is 1. The highest BCUT2D eigenvalue weighted by Crippen LogP contribution is 2.41. The summed E-state index contributed by atoms with van der Waals surface area (Å²) < 4.78 is 10.1. The van der Waals surface area contributed by atoms with Gasteiger partial charge in [0.25, 0.3) is 0 Å². The molecule has 0 aromatic heterocycles. The molecule has 2 aromatic carbocycles. The molecule has 0 amide bonds. The third-order valence-corrected chi connectivity index (χ3v) is 3.43. The van der Waals surface area contributed by atoms with E-state index in [4.69, 9.17) is 9.47 Å². The molecule has 1 heterocycles. The van der Waals surface area contributed by atoms with Gasteiger partial charge in [0.15, 0.2) is 11.7 Å². The molecule has 2 atom stereocenters. The second-order valence-corrected chi connectivity index (χ2v) is 4.74. The largest absolute Gasteiger partial charge is 0.509 e. The van der Waals surface area contributed by atoms with E-state index in [1.807, 2.05) is 48.5 Å². The van der Waals surface area contributed by atoms with Crippen LogP contribution in [-0.2, 0) is 15.1 Å².